The first-order valence-electron chi connectivity index (χ1n) is 1.75. The summed E-state index contributed by atoms with van der Waals surface area (Å²) in [6.07, 6.45) is 1.11. The minimum absolute atomic E-state index is 0.412. The Labute approximate surface area is 31.9 Å². The van der Waals surface area contributed by atoms with Gasteiger partial charge in [-0.2, -0.15) is 0 Å². The van der Waals surface area contributed by atoms with Gasteiger partial charge in [-0.25, -0.2) is 0 Å². The minimum Gasteiger partial charge on any atom is -0.373 e. The highest BCUT2D eigenvalue weighted by Gasteiger charge is 2.18. The first-order valence-corrected chi connectivity index (χ1v) is 1.75. The van der Waals surface area contributed by atoms with Gasteiger partial charge in [-0.1, -0.05) is 0 Å². The number of epoxide rings is 1. The summed E-state index contributed by atoms with van der Waals surface area (Å²) in [7, 11) is 0. The monoisotopic (exact) mass is 70.0 g/mol. The number of rotatable bonds is 1. The molecule has 1 unspecified atom stereocenters. The van der Waals surface area contributed by atoms with Crippen LogP contribution in [0, 0.1) is 6.92 Å². The maximum atomic E-state index is 5.11. The van der Waals surface area contributed by atoms with E-state index in [1.807, 2.05) is 0 Å². The number of hydrogen-bond donors (Lipinski definition) is 0. The van der Waals surface area contributed by atoms with Gasteiger partial charge in [-0.15, -0.1) is 0 Å². The molecule has 0 saturated carbocycles. The molecule has 1 aliphatic rings. The van der Waals surface area contributed by atoms with E-state index in [1.54, 1.807) is 0 Å². The molecule has 1 rings (SSSR count). The van der Waals surface area contributed by atoms with E-state index in [0.29, 0.717) is 12.5 Å². The van der Waals surface area contributed by atoms with Crippen LogP contribution in [0.5, 0.6) is 0 Å². The maximum absolute atomic E-state index is 5.11. The zero-order chi connectivity index (χ0) is 3.70. The van der Waals surface area contributed by atoms with E-state index in [-0.39, 0.29) is 0 Å². The summed E-state index contributed by atoms with van der Waals surface area (Å²) in [5, 5.41) is 0. The van der Waals surface area contributed by atoms with Crippen molar-refractivity contribution in [1.82, 2.24) is 0 Å². The Morgan fingerprint density at radius 2 is 2.60 bits per heavy atom. The Balaban J connectivity index is 2.00. The summed E-state index contributed by atoms with van der Waals surface area (Å²) in [6.45, 7) is 5.99. The van der Waals surface area contributed by atoms with Crippen molar-refractivity contribution in [2.24, 2.45) is 0 Å². The van der Waals surface area contributed by atoms with E-state index >= 15 is 0 Å². The molecule has 1 saturated heterocycles. The fourth-order valence-electron chi connectivity index (χ4n) is 0.204. The normalized spacial score (nSPS) is 34.2. The van der Waals surface area contributed by atoms with Crippen LogP contribution in [0.15, 0.2) is 0 Å². The van der Waals surface area contributed by atoms with Gasteiger partial charge < -0.3 is 4.74 Å². The van der Waals surface area contributed by atoms with Crippen LogP contribution < -0.4 is 0 Å². The van der Waals surface area contributed by atoms with Crippen molar-refractivity contribution in [3.8, 4) is 0 Å². The van der Waals surface area contributed by atoms with Gasteiger partial charge in [0, 0.05) is 0 Å². The molecule has 0 bridgehead atoms. The van der Waals surface area contributed by atoms with Crippen molar-refractivity contribution in [3.63, 3.8) is 0 Å². The number of ether oxygens (including phenoxy) is 1. The lowest BCUT2D eigenvalue weighted by molar-refractivity contribution is 0.410. The zero-order valence-electron chi connectivity index (χ0n) is 2.98. The van der Waals surface area contributed by atoms with Crippen LogP contribution in [0.1, 0.15) is 6.42 Å². The van der Waals surface area contributed by atoms with E-state index < -0.39 is 0 Å². The molecule has 0 spiro atoms. The summed E-state index contributed by atoms with van der Waals surface area (Å²) in [6, 6.07) is 0. The molecule has 1 heteroatoms. The van der Waals surface area contributed by atoms with Gasteiger partial charge in [0.1, 0.15) is 0 Å². The molecular formula is C4H6O. The molecule has 5 heavy (non-hydrogen) atoms. The van der Waals surface area contributed by atoms with Gasteiger partial charge in [0.15, 0.2) is 0 Å². The molecule has 1 heterocycles. The second-order valence-electron chi connectivity index (χ2n) is 1.19. The van der Waals surface area contributed by atoms with Gasteiger partial charge in [-0.05, 0) is 13.3 Å². The van der Waals surface area contributed by atoms with Gasteiger partial charge in [0.05, 0.1) is 12.7 Å². The van der Waals surface area contributed by atoms with Crippen molar-refractivity contribution in [2.75, 3.05) is 6.61 Å². The molecule has 0 aromatic carbocycles. The molecule has 0 N–H and O–H groups in total. The molecule has 1 nitrogen and oxygen atoms in total. The smallest absolute Gasteiger partial charge is 0.0812 e. The molecular weight excluding hydrogens is 64.0 g/mol. The standard InChI is InChI=1S/C4H6O/c1-2-4-3-5-4/h1,4H,2-3H2. The number of hydrogen-bond acceptors (Lipinski definition) is 1. The first kappa shape index (κ1) is 3.16. The Morgan fingerprint density at radius 1 is 2.00 bits per heavy atom. The van der Waals surface area contributed by atoms with Gasteiger partial charge >= 0.3 is 0 Å². The fourth-order valence-corrected chi connectivity index (χ4v) is 0.204. The highest BCUT2D eigenvalue weighted by Crippen LogP contribution is 2.10. The zero-order valence-corrected chi connectivity index (χ0v) is 2.98. The average molecular weight is 70.1 g/mol. The van der Waals surface area contributed by atoms with E-state index in [4.69, 9.17) is 11.7 Å². The average Bonchev–Trinajstić information content (AvgIpc) is 2.12. The fraction of sp³-hybridized carbons (Fsp3) is 0.750. The van der Waals surface area contributed by atoms with Crippen LogP contribution in [0.3, 0.4) is 0 Å². The van der Waals surface area contributed by atoms with Gasteiger partial charge in [0.2, 0.25) is 0 Å². The first-order chi connectivity index (χ1) is 2.43. The predicted molar refractivity (Wildman–Crippen MR) is 18.7 cm³/mol. The quantitative estimate of drug-likeness (QED) is 0.409. The molecule has 0 aromatic heterocycles. The van der Waals surface area contributed by atoms with Crippen molar-refractivity contribution in [3.05, 3.63) is 6.92 Å². The van der Waals surface area contributed by atoms with Crippen LogP contribution in [-0.2, 0) is 4.74 Å². The van der Waals surface area contributed by atoms with E-state index in [2.05, 4.69) is 0 Å². The highest BCUT2D eigenvalue weighted by atomic mass is 16.6. The Kier molecular flexibility index (Phi) is 0.618. The molecule has 0 amide bonds. The summed E-state index contributed by atoms with van der Waals surface area (Å²) >= 11 is 0. The van der Waals surface area contributed by atoms with E-state index in [0.717, 1.165) is 6.61 Å². The largest absolute Gasteiger partial charge is 0.373 e. The highest BCUT2D eigenvalue weighted by molar-refractivity contribution is 4.68. The third kappa shape index (κ3) is 0.618. The Hall–Kier alpha value is -0.0400. The van der Waals surface area contributed by atoms with Crippen molar-refractivity contribution < 1.29 is 4.74 Å². The summed E-state index contributed by atoms with van der Waals surface area (Å²) in [5.74, 6) is 0. The lowest BCUT2D eigenvalue weighted by atomic mass is 10.4. The molecule has 1 fully saturated rings. The van der Waals surface area contributed by atoms with Crippen LogP contribution in [0.25, 0.3) is 0 Å². The summed E-state index contributed by atoms with van der Waals surface area (Å²) < 4.78 is 4.73. The van der Waals surface area contributed by atoms with Gasteiger partial charge in [0.25, 0.3) is 0 Å². The molecule has 0 aromatic rings. The lowest BCUT2D eigenvalue weighted by Crippen LogP contribution is -1.73. The second kappa shape index (κ2) is 0.977. The molecule has 28 valence electrons. The lowest BCUT2D eigenvalue weighted by Gasteiger charge is -1.68. The van der Waals surface area contributed by atoms with E-state index in [1.165, 1.54) is 0 Å². The third-order valence-electron chi connectivity index (χ3n) is 0.665. The topological polar surface area (TPSA) is 12.5 Å². The van der Waals surface area contributed by atoms with E-state index in [9.17, 15) is 0 Å². The SMILES string of the molecule is [CH]CC1CO1. The summed E-state index contributed by atoms with van der Waals surface area (Å²) in [5.41, 5.74) is 0. The van der Waals surface area contributed by atoms with Gasteiger partial charge in [-0.3, -0.25) is 0 Å². The van der Waals surface area contributed by atoms with Crippen molar-refractivity contribution in [2.45, 2.75) is 12.5 Å². The van der Waals surface area contributed by atoms with Crippen molar-refractivity contribution in [1.29, 1.82) is 0 Å². The molecule has 1 atom stereocenters. The van der Waals surface area contributed by atoms with Crippen molar-refractivity contribution >= 4 is 0 Å². The molecule has 2 radical (unpaired) electrons. The minimum atomic E-state index is 0.412. The summed E-state index contributed by atoms with van der Waals surface area (Å²) in [4.78, 5) is 0. The second-order valence-corrected chi connectivity index (χ2v) is 1.19. The maximum Gasteiger partial charge on any atom is 0.0812 e. The van der Waals surface area contributed by atoms with Crippen LogP contribution in [0.2, 0.25) is 0 Å². The predicted octanol–water partition coefficient (Wildman–Crippen LogP) is 0.486. The Morgan fingerprint density at radius 3 is 2.60 bits per heavy atom. The van der Waals surface area contributed by atoms with Crippen LogP contribution >= 0.6 is 0 Å². The van der Waals surface area contributed by atoms with Crippen LogP contribution in [-0.4, -0.2) is 12.7 Å². The molecule has 0 aliphatic carbocycles. The Bertz CT molecular complexity index is 30.6. The molecule has 1 aliphatic heterocycles. The van der Waals surface area contributed by atoms with Crippen LogP contribution in [0.4, 0.5) is 0 Å². The third-order valence-corrected chi connectivity index (χ3v) is 0.665.